The van der Waals surface area contributed by atoms with Gasteiger partial charge in [-0.1, -0.05) is 23.8 Å². The van der Waals surface area contributed by atoms with Crippen molar-refractivity contribution < 1.29 is 14.8 Å². The summed E-state index contributed by atoms with van der Waals surface area (Å²) in [6, 6.07) is 12.7. The number of aliphatic hydroxyl groups is 1. The lowest BCUT2D eigenvalue weighted by molar-refractivity contribution is -0.385. The lowest BCUT2D eigenvalue weighted by atomic mass is 9.99. The third-order valence-corrected chi connectivity index (χ3v) is 4.42. The fraction of sp³-hybridized carbons (Fsp3) is 0.368. The quantitative estimate of drug-likeness (QED) is 0.645. The van der Waals surface area contributed by atoms with Crippen LogP contribution in [0.2, 0.25) is 0 Å². The van der Waals surface area contributed by atoms with Crippen molar-refractivity contribution in [3.63, 3.8) is 0 Å². The molecule has 1 aliphatic rings. The first-order valence-corrected chi connectivity index (χ1v) is 8.37. The number of hydrogen-bond acceptors (Lipinski definition) is 5. The Bertz CT molecular complexity index is 746. The number of ether oxygens (including phenoxy) is 1. The van der Waals surface area contributed by atoms with E-state index in [1.165, 1.54) is 0 Å². The number of non-ortho nitro benzene ring substituents is 1. The second-order valence-corrected chi connectivity index (χ2v) is 6.47. The molecule has 25 heavy (non-hydrogen) atoms. The normalized spacial score (nSPS) is 15.4. The van der Waals surface area contributed by atoms with E-state index in [0.717, 1.165) is 35.4 Å². The third-order valence-electron chi connectivity index (χ3n) is 4.42. The maximum Gasteiger partial charge on any atom is 0.269 e. The first-order valence-electron chi connectivity index (χ1n) is 8.37. The minimum absolute atomic E-state index is 0.115. The fourth-order valence-electron chi connectivity index (χ4n) is 3.05. The molecule has 0 spiro atoms. The molecule has 0 aliphatic carbocycles. The summed E-state index contributed by atoms with van der Waals surface area (Å²) in [7, 11) is 0. The zero-order chi connectivity index (χ0) is 17.8. The van der Waals surface area contributed by atoms with Crippen LogP contribution in [-0.2, 0) is 13.0 Å². The maximum atomic E-state index is 10.9. The molecule has 0 saturated carbocycles. The van der Waals surface area contributed by atoms with Crippen LogP contribution < -0.4 is 4.74 Å². The lowest BCUT2D eigenvalue weighted by Crippen LogP contribution is -2.38. The molecular formula is C19H22N2O4. The number of nitro benzene ring substituents is 1. The van der Waals surface area contributed by atoms with Crippen LogP contribution in [-0.4, -0.2) is 40.7 Å². The van der Waals surface area contributed by atoms with E-state index in [0.29, 0.717) is 13.1 Å². The molecule has 0 bridgehead atoms. The van der Waals surface area contributed by atoms with Crippen LogP contribution in [0.15, 0.2) is 42.5 Å². The predicted molar refractivity (Wildman–Crippen MR) is 94.8 cm³/mol. The number of hydrogen-bond donors (Lipinski definition) is 1. The number of fused-ring (bicyclic) bond motifs is 1. The van der Waals surface area contributed by atoms with Gasteiger partial charge in [-0.25, -0.2) is 0 Å². The second kappa shape index (κ2) is 7.63. The number of rotatable bonds is 6. The molecule has 0 fully saturated rings. The summed E-state index contributed by atoms with van der Waals surface area (Å²) in [5.74, 6) is 0.740. The van der Waals surface area contributed by atoms with E-state index in [1.807, 2.05) is 37.3 Å². The van der Waals surface area contributed by atoms with Crippen LogP contribution in [0.25, 0.3) is 0 Å². The van der Waals surface area contributed by atoms with E-state index < -0.39 is 6.10 Å². The molecule has 0 aromatic heterocycles. The van der Waals surface area contributed by atoms with Crippen molar-refractivity contribution in [3.05, 3.63) is 69.3 Å². The summed E-state index contributed by atoms with van der Waals surface area (Å²) in [4.78, 5) is 12.7. The van der Waals surface area contributed by atoms with Gasteiger partial charge in [0.15, 0.2) is 0 Å². The zero-order valence-electron chi connectivity index (χ0n) is 14.2. The monoisotopic (exact) mass is 342 g/mol. The van der Waals surface area contributed by atoms with E-state index in [1.54, 1.807) is 12.1 Å². The summed E-state index contributed by atoms with van der Waals surface area (Å²) in [6.07, 6.45) is 0.223. The highest BCUT2D eigenvalue weighted by Gasteiger charge is 2.21. The Hall–Kier alpha value is -2.44. The molecule has 3 rings (SSSR count). The Morgan fingerprint density at radius 3 is 2.72 bits per heavy atom. The molecule has 0 amide bonds. The minimum atomic E-state index is -0.610. The number of β-amino-alcohol motifs (C(OH)–C–C–N with tert-alkyl or cyclic N) is 1. The molecule has 6 nitrogen and oxygen atoms in total. The molecule has 1 aliphatic heterocycles. The molecule has 2 aromatic rings. The highest BCUT2D eigenvalue weighted by Crippen LogP contribution is 2.24. The van der Waals surface area contributed by atoms with Crippen LogP contribution in [0.1, 0.15) is 16.7 Å². The van der Waals surface area contributed by atoms with Crippen LogP contribution in [0.5, 0.6) is 5.75 Å². The zero-order valence-corrected chi connectivity index (χ0v) is 14.2. The average Bonchev–Trinajstić information content (AvgIpc) is 2.60. The highest BCUT2D eigenvalue weighted by atomic mass is 16.6. The maximum absolute atomic E-state index is 10.9. The van der Waals surface area contributed by atoms with Crippen LogP contribution in [0.3, 0.4) is 0 Å². The summed E-state index contributed by atoms with van der Waals surface area (Å²) in [5, 5.41) is 21.2. The topological polar surface area (TPSA) is 75.8 Å². The number of nitrogens with zero attached hydrogens (tertiary/aromatic N) is 2. The van der Waals surface area contributed by atoms with Gasteiger partial charge in [0.1, 0.15) is 18.5 Å². The van der Waals surface area contributed by atoms with Crippen molar-refractivity contribution in [2.45, 2.75) is 26.0 Å². The van der Waals surface area contributed by atoms with E-state index in [4.69, 9.17) is 4.74 Å². The van der Waals surface area contributed by atoms with E-state index in [2.05, 4.69) is 4.90 Å². The molecule has 0 saturated heterocycles. The number of aliphatic hydroxyl groups excluding tert-OH is 1. The largest absolute Gasteiger partial charge is 0.491 e. The SMILES string of the molecule is Cc1ccc(OCC(O)CN2CCc3ccc([N+](=O)[O-])cc3C2)cc1. The van der Waals surface area contributed by atoms with Gasteiger partial charge in [-0.3, -0.25) is 15.0 Å². The predicted octanol–water partition coefficient (Wildman–Crippen LogP) is 2.70. The van der Waals surface area contributed by atoms with Gasteiger partial charge in [-0.05, 0) is 36.6 Å². The second-order valence-electron chi connectivity index (χ2n) is 6.47. The summed E-state index contributed by atoms with van der Waals surface area (Å²) < 4.78 is 5.62. The van der Waals surface area contributed by atoms with Gasteiger partial charge in [0.25, 0.3) is 5.69 Å². The molecule has 0 radical (unpaired) electrons. The first-order chi connectivity index (χ1) is 12.0. The molecule has 1 unspecified atom stereocenters. The van der Waals surface area contributed by atoms with E-state index in [9.17, 15) is 15.2 Å². The molecule has 1 N–H and O–H groups in total. The Kier molecular flexibility index (Phi) is 5.31. The Morgan fingerprint density at radius 2 is 2.00 bits per heavy atom. The van der Waals surface area contributed by atoms with Gasteiger partial charge in [0.2, 0.25) is 0 Å². The summed E-state index contributed by atoms with van der Waals surface area (Å²) in [5.41, 5.74) is 3.39. The Labute approximate surface area is 146 Å². The summed E-state index contributed by atoms with van der Waals surface area (Å²) in [6.45, 7) is 4.15. The van der Waals surface area contributed by atoms with Gasteiger partial charge in [0.05, 0.1) is 4.92 Å². The fourth-order valence-corrected chi connectivity index (χ4v) is 3.05. The minimum Gasteiger partial charge on any atom is -0.491 e. The van der Waals surface area contributed by atoms with Crippen molar-refractivity contribution in [1.82, 2.24) is 4.90 Å². The Balaban J connectivity index is 1.54. The number of aryl methyl sites for hydroxylation is 1. The van der Waals surface area contributed by atoms with E-state index >= 15 is 0 Å². The van der Waals surface area contributed by atoms with Gasteiger partial charge in [-0.2, -0.15) is 0 Å². The molecular weight excluding hydrogens is 320 g/mol. The Morgan fingerprint density at radius 1 is 1.24 bits per heavy atom. The van der Waals surface area contributed by atoms with Gasteiger partial charge in [0, 0.05) is 31.8 Å². The van der Waals surface area contributed by atoms with E-state index in [-0.39, 0.29) is 17.2 Å². The van der Waals surface area contributed by atoms with Crippen molar-refractivity contribution in [1.29, 1.82) is 0 Å². The van der Waals surface area contributed by atoms with Crippen molar-refractivity contribution >= 4 is 5.69 Å². The van der Waals surface area contributed by atoms with Gasteiger partial charge in [-0.15, -0.1) is 0 Å². The van der Waals surface area contributed by atoms with Gasteiger partial charge < -0.3 is 9.84 Å². The number of nitro groups is 1. The molecule has 132 valence electrons. The smallest absolute Gasteiger partial charge is 0.269 e. The number of benzene rings is 2. The van der Waals surface area contributed by atoms with Crippen LogP contribution >= 0.6 is 0 Å². The van der Waals surface area contributed by atoms with Gasteiger partial charge >= 0.3 is 0 Å². The van der Waals surface area contributed by atoms with Crippen LogP contribution in [0, 0.1) is 17.0 Å². The first kappa shape index (κ1) is 17.4. The molecule has 1 heterocycles. The summed E-state index contributed by atoms with van der Waals surface area (Å²) >= 11 is 0. The van der Waals surface area contributed by atoms with Crippen molar-refractivity contribution in [2.75, 3.05) is 19.7 Å². The third kappa shape index (κ3) is 4.55. The standard InChI is InChI=1S/C19H22N2O4/c1-14-2-6-19(7-3-14)25-13-18(22)12-20-9-8-15-4-5-17(21(23)24)10-16(15)11-20/h2-7,10,18,22H,8-9,11-13H2,1H3. The highest BCUT2D eigenvalue weighted by molar-refractivity contribution is 5.41. The van der Waals surface area contributed by atoms with Crippen LogP contribution in [0.4, 0.5) is 5.69 Å². The van der Waals surface area contributed by atoms with Crippen molar-refractivity contribution in [3.8, 4) is 5.75 Å². The lowest BCUT2D eigenvalue weighted by Gasteiger charge is -2.30. The molecule has 2 aromatic carbocycles. The average molecular weight is 342 g/mol. The molecule has 6 heteroatoms. The van der Waals surface area contributed by atoms with Crippen molar-refractivity contribution in [2.24, 2.45) is 0 Å². The molecule has 1 atom stereocenters.